The van der Waals surface area contributed by atoms with Gasteiger partial charge in [0.25, 0.3) is 0 Å². The Balaban J connectivity index is 3.65. The Bertz CT molecular complexity index is 131. The number of rotatable bonds is 2. The number of carbonyl (C=O) groups excluding carboxylic acids is 1. The number of hydrogen-bond donors (Lipinski definition) is 2. The van der Waals surface area contributed by atoms with E-state index in [-0.39, 0.29) is 5.57 Å². The molecule has 0 amide bonds. The summed E-state index contributed by atoms with van der Waals surface area (Å²) in [6.45, 7) is 4.62. The predicted octanol–water partition coefficient (Wildman–Crippen LogP) is -0.925. The van der Waals surface area contributed by atoms with Crippen molar-refractivity contribution >= 4 is 13.3 Å². The zero-order valence-electron chi connectivity index (χ0n) is 5.00. The highest BCUT2D eigenvalue weighted by Crippen LogP contribution is 1.90. The smallest absolute Gasteiger partial charge is 0.482 e. The van der Waals surface area contributed by atoms with Crippen LogP contribution in [0.3, 0.4) is 0 Å². The van der Waals surface area contributed by atoms with Crippen molar-refractivity contribution in [2.45, 2.75) is 6.92 Å². The Hall–Kier alpha value is -0.805. The van der Waals surface area contributed by atoms with Gasteiger partial charge in [-0.25, -0.2) is 4.79 Å². The first-order valence-corrected chi connectivity index (χ1v) is 2.26. The number of carbonyl (C=O) groups is 1. The van der Waals surface area contributed by atoms with E-state index < -0.39 is 13.3 Å². The lowest BCUT2D eigenvalue weighted by Crippen LogP contribution is -2.21. The quantitative estimate of drug-likeness (QED) is 0.374. The molecule has 0 bridgehead atoms. The van der Waals surface area contributed by atoms with E-state index in [0.29, 0.717) is 0 Å². The summed E-state index contributed by atoms with van der Waals surface area (Å²) in [6, 6.07) is 0. The van der Waals surface area contributed by atoms with Gasteiger partial charge in [-0.2, -0.15) is 0 Å². The molecule has 5 heteroatoms. The van der Waals surface area contributed by atoms with Crippen molar-refractivity contribution in [3.63, 3.8) is 0 Å². The highest BCUT2D eigenvalue weighted by atomic mass is 16.6. The van der Waals surface area contributed by atoms with Crippen molar-refractivity contribution in [3.8, 4) is 0 Å². The Morgan fingerprint density at radius 3 is 2.22 bits per heavy atom. The fraction of sp³-hybridized carbons (Fsp3) is 0.250. The van der Waals surface area contributed by atoms with E-state index in [9.17, 15) is 4.79 Å². The van der Waals surface area contributed by atoms with Gasteiger partial charge in [-0.3, -0.25) is 0 Å². The van der Waals surface area contributed by atoms with Crippen LogP contribution in [-0.2, 0) is 9.45 Å². The average Bonchev–Trinajstić information content (AvgIpc) is 1.63. The van der Waals surface area contributed by atoms with E-state index >= 15 is 0 Å². The molecule has 0 aromatic rings. The lowest BCUT2D eigenvalue weighted by Gasteiger charge is -1.99. The molecular weight excluding hydrogens is 123 g/mol. The van der Waals surface area contributed by atoms with Crippen LogP contribution in [0.1, 0.15) is 6.92 Å². The standard InChI is InChI=1S/C4H7BO4/c1-3(2)4(6)9-5(7)8/h7-8H,1H2,2H3. The van der Waals surface area contributed by atoms with E-state index in [1.165, 1.54) is 6.92 Å². The van der Waals surface area contributed by atoms with Crippen molar-refractivity contribution in [3.05, 3.63) is 12.2 Å². The highest BCUT2D eigenvalue weighted by molar-refractivity contribution is 6.36. The third-order valence-electron chi connectivity index (χ3n) is 0.561. The van der Waals surface area contributed by atoms with Crippen LogP contribution < -0.4 is 0 Å². The molecule has 0 heterocycles. The second-order valence-corrected chi connectivity index (χ2v) is 1.51. The fourth-order valence-corrected chi connectivity index (χ4v) is 0.196. The largest absolute Gasteiger partial charge is 0.709 e. The van der Waals surface area contributed by atoms with Gasteiger partial charge in [-0.1, -0.05) is 6.58 Å². The highest BCUT2D eigenvalue weighted by Gasteiger charge is 2.15. The molecule has 0 spiro atoms. The van der Waals surface area contributed by atoms with Crippen LogP contribution in [0.15, 0.2) is 12.2 Å². The van der Waals surface area contributed by atoms with Gasteiger partial charge in [-0.15, -0.1) is 0 Å². The molecule has 0 radical (unpaired) electrons. The van der Waals surface area contributed by atoms with Gasteiger partial charge >= 0.3 is 13.3 Å². The molecule has 0 aliphatic rings. The SMILES string of the molecule is C=C(C)C(=O)OB(O)O. The molecule has 0 fully saturated rings. The van der Waals surface area contributed by atoms with Gasteiger partial charge < -0.3 is 14.7 Å². The van der Waals surface area contributed by atoms with Crippen LogP contribution in [0.25, 0.3) is 0 Å². The van der Waals surface area contributed by atoms with Gasteiger partial charge in [0, 0.05) is 5.57 Å². The molecule has 0 aromatic heterocycles. The Morgan fingerprint density at radius 1 is 1.67 bits per heavy atom. The molecule has 0 atom stereocenters. The average molecular weight is 130 g/mol. The van der Waals surface area contributed by atoms with Crippen molar-refractivity contribution in [1.29, 1.82) is 0 Å². The molecule has 0 aliphatic heterocycles. The van der Waals surface area contributed by atoms with Gasteiger partial charge in [0.15, 0.2) is 0 Å². The monoisotopic (exact) mass is 130 g/mol. The minimum atomic E-state index is -2.05. The van der Waals surface area contributed by atoms with E-state index in [0.717, 1.165) is 0 Å². The summed E-state index contributed by atoms with van der Waals surface area (Å²) in [5, 5.41) is 16.1. The zero-order valence-corrected chi connectivity index (χ0v) is 5.00. The summed E-state index contributed by atoms with van der Waals surface area (Å²) in [5.41, 5.74) is 0.128. The van der Waals surface area contributed by atoms with E-state index in [1.807, 2.05) is 0 Å². The third-order valence-corrected chi connectivity index (χ3v) is 0.561. The predicted molar refractivity (Wildman–Crippen MR) is 31.1 cm³/mol. The maximum atomic E-state index is 10.3. The topological polar surface area (TPSA) is 66.8 Å². The summed E-state index contributed by atoms with van der Waals surface area (Å²) < 4.78 is 3.88. The molecule has 0 saturated heterocycles. The normalized spacial score (nSPS) is 8.33. The summed E-state index contributed by atoms with van der Waals surface area (Å²) in [4.78, 5) is 10.3. The molecule has 0 saturated carbocycles. The maximum Gasteiger partial charge on any atom is 0.709 e. The first-order valence-electron chi connectivity index (χ1n) is 2.26. The minimum absolute atomic E-state index is 0.128. The maximum absolute atomic E-state index is 10.3. The molecule has 0 rings (SSSR count). The number of hydrogen-bond acceptors (Lipinski definition) is 4. The summed E-state index contributed by atoms with van der Waals surface area (Å²) in [5.74, 6) is -0.815. The molecule has 2 N–H and O–H groups in total. The van der Waals surface area contributed by atoms with Gasteiger partial charge in [0.05, 0.1) is 0 Å². The van der Waals surface area contributed by atoms with Crippen molar-refractivity contribution in [1.82, 2.24) is 0 Å². The van der Waals surface area contributed by atoms with Crippen LogP contribution in [0.4, 0.5) is 0 Å². The van der Waals surface area contributed by atoms with Crippen LogP contribution in [0, 0.1) is 0 Å². The first kappa shape index (κ1) is 8.19. The van der Waals surface area contributed by atoms with E-state index in [2.05, 4.69) is 11.2 Å². The summed E-state index contributed by atoms with van der Waals surface area (Å²) in [7, 11) is -2.05. The first-order chi connectivity index (χ1) is 4.04. The van der Waals surface area contributed by atoms with Gasteiger partial charge in [-0.05, 0) is 6.92 Å². The van der Waals surface area contributed by atoms with Crippen LogP contribution in [0.5, 0.6) is 0 Å². The second kappa shape index (κ2) is 3.27. The summed E-state index contributed by atoms with van der Waals surface area (Å²) in [6.07, 6.45) is 0. The van der Waals surface area contributed by atoms with E-state index in [1.54, 1.807) is 0 Å². The van der Waals surface area contributed by atoms with Gasteiger partial charge in [0.2, 0.25) is 0 Å². The van der Waals surface area contributed by atoms with Gasteiger partial charge in [0.1, 0.15) is 0 Å². The second-order valence-electron chi connectivity index (χ2n) is 1.51. The van der Waals surface area contributed by atoms with Crippen LogP contribution >= 0.6 is 0 Å². The Labute approximate surface area is 52.9 Å². The van der Waals surface area contributed by atoms with Crippen molar-refractivity contribution < 1.29 is 19.5 Å². The summed E-state index contributed by atoms with van der Waals surface area (Å²) >= 11 is 0. The van der Waals surface area contributed by atoms with Crippen molar-refractivity contribution in [2.75, 3.05) is 0 Å². The lowest BCUT2D eigenvalue weighted by atomic mass is 10.2. The van der Waals surface area contributed by atoms with Crippen LogP contribution in [0.2, 0.25) is 0 Å². The molecule has 9 heavy (non-hydrogen) atoms. The van der Waals surface area contributed by atoms with Crippen molar-refractivity contribution in [2.24, 2.45) is 0 Å². The fourth-order valence-electron chi connectivity index (χ4n) is 0.196. The zero-order chi connectivity index (χ0) is 7.44. The Morgan fingerprint density at radius 2 is 2.11 bits per heavy atom. The van der Waals surface area contributed by atoms with Crippen LogP contribution in [-0.4, -0.2) is 23.3 Å². The molecule has 0 aromatic carbocycles. The lowest BCUT2D eigenvalue weighted by molar-refractivity contribution is -0.132. The van der Waals surface area contributed by atoms with E-state index in [4.69, 9.17) is 10.0 Å². The molecular formula is C4H7BO4. The minimum Gasteiger partial charge on any atom is -0.482 e. The molecule has 0 unspecified atom stereocenters. The molecule has 50 valence electrons. The molecule has 4 nitrogen and oxygen atoms in total. The Kier molecular flexibility index (Phi) is 2.97. The third kappa shape index (κ3) is 3.75. The molecule has 0 aliphatic carbocycles.